The SMILES string of the molecule is CCCCCCCCCCCC12CCC(CCc3ccc(C#N)c(F)c3)(CC1)CC2. The highest BCUT2D eigenvalue weighted by Gasteiger charge is 2.47. The molecule has 4 rings (SSSR count). The molecule has 0 amide bonds. The molecule has 3 aliphatic rings. The third-order valence-corrected chi connectivity index (χ3v) is 8.47. The molecule has 1 aromatic carbocycles. The Morgan fingerprint density at radius 1 is 0.800 bits per heavy atom. The Labute approximate surface area is 184 Å². The number of fused-ring (bicyclic) bond motifs is 3. The molecular formula is C28H42FN. The molecule has 0 heterocycles. The first-order chi connectivity index (χ1) is 14.6. The van der Waals surface area contributed by atoms with E-state index in [1.54, 1.807) is 12.1 Å². The zero-order valence-corrected chi connectivity index (χ0v) is 19.3. The Morgan fingerprint density at radius 3 is 1.87 bits per heavy atom. The van der Waals surface area contributed by atoms with E-state index >= 15 is 0 Å². The van der Waals surface area contributed by atoms with Gasteiger partial charge in [-0.15, -0.1) is 0 Å². The smallest absolute Gasteiger partial charge is 0.141 e. The molecule has 1 aromatic rings. The summed E-state index contributed by atoms with van der Waals surface area (Å²) in [6.45, 7) is 2.29. The lowest BCUT2D eigenvalue weighted by atomic mass is 9.51. The van der Waals surface area contributed by atoms with Crippen molar-refractivity contribution >= 4 is 0 Å². The van der Waals surface area contributed by atoms with E-state index < -0.39 is 0 Å². The van der Waals surface area contributed by atoms with Gasteiger partial charge in [0.1, 0.15) is 11.9 Å². The third-order valence-electron chi connectivity index (χ3n) is 8.47. The fraction of sp³-hybridized carbons (Fsp3) is 0.750. The van der Waals surface area contributed by atoms with E-state index in [-0.39, 0.29) is 11.4 Å². The summed E-state index contributed by atoms with van der Waals surface area (Å²) in [6, 6.07) is 7.08. The Morgan fingerprint density at radius 2 is 1.33 bits per heavy atom. The van der Waals surface area contributed by atoms with Gasteiger partial charge in [-0.1, -0.05) is 70.8 Å². The molecule has 3 fully saturated rings. The predicted octanol–water partition coefficient (Wildman–Crippen LogP) is 8.89. The molecule has 0 unspecified atom stereocenters. The van der Waals surface area contributed by atoms with E-state index in [1.165, 1.54) is 109 Å². The van der Waals surface area contributed by atoms with Crippen molar-refractivity contribution in [3.63, 3.8) is 0 Å². The fourth-order valence-corrected chi connectivity index (χ4v) is 6.12. The average molecular weight is 412 g/mol. The molecular weight excluding hydrogens is 369 g/mol. The molecule has 0 N–H and O–H groups in total. The number of rotatable bonds is 13. The van der Waals surface area contributed by atoms with Crippen LogP contribution in [0.2, 0.25) is 0 Å². The molecule has 0 atom stereocenters. The van der Waals surface area contributed by atoms with Crippen molar-refractivity contribution in [2.24, 2.45) is 10.8 Å². The maximum atomic E-state index is 13.9. The summed E-state index contributed by atoms with van der Waals surface area (Å²) in [7, 11) is 0. The minimum absolute atomic E-state index is 0.161. The van der Waals surface area contributed by atoms with Crippen molar-refractivity contribution in [3.05, 3.63) is 35.1 Å². The number of hydrogen-bond donors (Lipinski definition) is 0. The maximum absolute atomic E-state index is 13.9. The van der Waals surface area contributed by atoms with Gasteiger partial charge >= 0.3 is 0 Å². The highest BCUT2D eigenvalue weighted by molar-refractivity contribution is 5.33. The van der Waals surface area contributed by atoms with Gasteiger partial charge in [-0.05, 0) is 86.3 Å². The van der Waals surface area contributed by atoms with Crippen molar-refractivity contribution in [3.8, 4) is 6.07 Å². The minimum Gasteiger partial charge on any atom is -0.206 e. The van der Waals surface area contributed by atoms with Crippen molar-refractivity contribution in [2.45, 2.75) is 122 Å². The molecule has 166 valence electrons. The molecule has 3 aliphatic carbocycles. The molecule has 30 heavy (non-hydrogen) atoms. The standard InChI is InChI=1S/C28H42FN/c1-2-3-4-5-6-7-8-9-10-14-27-16-19-28(20-17-27,21-18-27)15-13-24-11-12-25(23-30)26(29)22-24/h11-12,22H,2-10,13-21H2,1H3. The Bertz CT molecular complexity index is 677. The molecule has 2 heteroatoms. The summed E-state index contributed by atoms with van der Waals surface area (Å²) >= 11 is 0. The Balaban J connectivity index is 1.34. The van der Waals surface area contributed by atoms with Crippen LogP contribution in [0.5, 0.6) is 0 Å². The summed E-state index contributed by atoms with van der Waals surface area (Å²) in [4.78, 5) is 0. The van der Waals surface area contributed by atoms with Gasteiger partial charge in [-0.2, -0.15) is 5.26 Å². The highest BCUT2D eigenvalue weighted by atomic mass is 19.1. The molecule has 0 aromatic heterocycles. The molecule has 0 aliphatic heterocycles. The second kappa shape index (κ2) is 11.3. The first-order valence-electron chi connectivity index (χ1n) is 12.8. The molecule has 0 radical (unpaired) electrons. The van der Waals surface area contributed by atoms with Gasteiger partial charge in [0.2, 0.25) is 0 Å². The normalized spacial score (nSPS) is 25.4. The second-order valence-corrected chi connectivity index (χ2v) is 10.5. The summed E-state index contributed by atoms with van der Waals surface area (Å²) < 4.78 is 13.9. The van der Waals surface area contributed by atoms with Crippen LogP contribution in [0.1, 0.15) is 127 Å². The number of halogens is 1. The molecule has 0 spiro atoms. The average Bonchev–Trinajstić information content (AvgIpc) is 2.78. The van der Waals surface area contributed by atoms with E-state index in [1.807, 2.05) is 12.1 Å². The lowest BCUT2D eigenvalue weighted by Crippen LogP contribution is -2.41. The van der Waals surface area contributed by atoms with Gasteiger partial charge in [0.25, 0.3) is 0 Å². The summed E-state index contributed by atoms with van der Waals surface area (Å²) in [5.74, 6) is -0.361. The van der Waals surface area contributed by atoms with Gasteiger partial charge < -0.3 is 0 Å². The van der Waals surface area contributed by atoms with Gasteiger partial charge in [-0.3, -0.25) is 0 Å². The number of nitriles is 1. The quantitative estimate of drug-likeness (QED) is 0.297. The molecule has 3 saturated carbocycles. The van der Waals surface area contributed by atoms with E-state index in [9.17, 15) is 4.39 Å². The number of hydrogen-bond acceptors (Lipinski definition) is 1. The van der Waals surface area contributed by atoms with E-state index in [0.29, 0.717) is 10.8 Å². The predicted molar refractivity (Wildman–Crippen MR) is 124 cm³/mol. The monoisotopic (exact) mass is 411 g/mol. The minimum atomic E-state index is -0.361. The van der Waals surface area contributed by atoms with Gasteiger partial charge in [-0.25, -0.2) is 4.39 Å². The second-order valence-electron chi connectivity index (χ2n) is 10.5. The van der Waals surface area contributed by atoms with Crippen molar-refractivity contribution < 1.29 is 4.39 Å². The third kappa shape index (κ3) is 6.32. The van der Waals surface area contributed by atoms with Crippen LogP contribution in [0.3, 0.4) is 0 Å². The number of benzene rings is 1. The first kappa shape index (κ1) is 23.3. The van der Waals surface area contributed by atoms with E-state index in [0.717, 1.165) is 12.0 Å². The Kier molecular flexibility index (Phi) is 8.79. The van der Waals surface area contributed by atoms with Crippen LogP contribution in [0.25, 0.3) is 0 Å². The molecule has 2 bridgehead atoms. The Hall–Kier alpha value is -1.36. The number of unbranched alkanes of at least 4 members (excludes halogenated alkanes) is 8. The van der Waals surface area contributed by atoms with Crippen molar-refractivity contribution in [2.75, 3.05) is 0 Å². The van der Waals surface area contributed by atoms with Crippen LogP contribution >= 0.6 is 0 Å². The van der Waals surface area contributed by atoms with Crippen LogP contribution in [0.4, 0.5) is 4.39 Å². The number of aryl methyl sites for hydroxylation is 1. The van der Waals surface area contributed by atoms with Gasteiger partial charge in [0.05, 0.1) is 5.56 Å². The summed E-state index contributed by atoms with van der Waals surface area (Å²) in [6.07, 6.45) is 24.8. The fourth-order valence-electron chi connectivity index (χ4n) is 6.12. The van der Waals surface area contributed by atoms with Crippen molar-refractivity contribution in [1.29, 1.82) is 5.26 Å². The number of nitrogens with zero attached hydrogens (tertiary/aromatic N) is 1. The van der Waals surface area contributed by atoms with Crippen LogP contribution in [0.15, 0.2) is 18.2 Å². The van der Waals surface area contributed by atoms with Gasteiger partial charge in [0, 0.05) is 0 Å². The largest absolute Gasteiger partial charge is 0.206 e. The van der Waals surface area contributed by atoms with Crippen LogP contribution in [-0.4, -0.2) is 0 Å². The summed E-state index contributed by atoms with van der Waals surface area (Å²) in [5, 5.41) is 8.91. The maximum Gasteiger partial charge on any atom is 0.141 e. The zero-order valence-electron chi connectivity index (χ0n) is 19.3. The first-order valence-corrected chi connectivity index (χ1v) is 12.8. The lowest BCUT2D eigenvalue weighted by molar-refractivity contribution is -0.0205. The summed E-state index contributed by atoms with van der Waals surface area (Å²) in [5.41, 5.74) is 2.38. The van der Waals surface area contributed by atoms with Crippen LogP contribution < -0.4 is 0 Å². The van der Waals surface area contributed by atoms with Gasteiger partial charge in [0.15, 0.2) is 0 Å². The van der Waals surface area contributed by atoms with E-state index in [4.69, 9.17) is 5.26 Å². The van der Waals surface area contributed by atoms with Crippen LogP contribution in [-0.2, 0) is 6.42 Å². The molecule has 0 saturated heterocycles. The topological polar surface area (TPSA) is 23.8 Å². The lowest BCUT2D eigenvalue weighted by Gasteiger charge is -2.54. The highest BCUT2D eigenvalue weighted by Crippen LogP contribution is 2.60. The molecule has 1 nitrogen and oxygen atoms in total. The zero-order chi connectivity index (χ0) is 21.3. The van der Waals surface area contributed by atoms with E-state index in [2.05, 4.69) is 6.92 Å². The van der Waals surface area contributed by atoms with Crippen molar-refractivity contribution in [1.82, 2.24) is 0 Å². The van der Waals surface area contributed by atoms with Crippen LogP contribution in [0, 0.1) is 28.0 Å².